The van der Waals surface area contributed by atoms with Gasteiger partial charge in [-0.05, 0) is 42.8 Å². The molecule has 1 aromatic heterocycles. The molecule has 2 aromatic carbocycles. The molecule has 3 aromatic rings. The van der Waals surface area contributed by atoms with E-state index in [4.69, 9.17) is 4.74 Å². The Kier molecular flexibility index (Phi) is 5.39. The SMILES string of the molecule is COc1ccc(-c2nc(NS(=O)(=O)C=Cc3ccccc3)sc2C)cc1. The summed E-state index contributed by atoms with van der Waals surface area (Å²) < 4.78 is 32.2. The van der Waals surface area contributed by atoms with E-state index in [1.165, 1.54) is 11.3 Å². The summed E-state index contributed by atoms with van der Waals surface area (Å²) in [5.74, 6) is 0.758. The Morgan fingerprint density at radius 2 is 1.77 bits per heavy atom. The van der Waals surface area contributed by atoms with Crippen LogP contribution in [0.2, 0.25) is 0 Å². The van der Waals surface area contributed by atoms with E-state index in [2.05, 4.69) is 9.71 Å². The van der Waals surface area contributed by atoms with Crippen molar-refractivity contribution in [2.24, 2.45) is 0 Å². The quantitative estimate of drug-likeness (QED) is 0.675. The summed E-state index contributed by atoms with van der Waals surface area (Å²) in [6.07, 6.45) is 1.55. The molecule has 0 bridgehead atoms. The van der Waals surface area contributed by atoms with Crippen molar-refractivity contribution in [1.29, 1.82) is 0 Å². The predicted molar refractivity (Wildman–Crippen MR) is 107 cm³/mol. The second kappa shape index (κ2) is 7.72. The Bertz CT molecular complexity index is 1010. The Hall–Kier alpha value is -2.64. The first-order chi connectivity index (χ1) is 12.5. The van der Waals surface area contributed by atoms with Gasteiger partial charge in [0.1, 0.15) is 5.75 Å². The standard InChI is InChI=1S/C19H18N2O3S2/c1-14-18(16-8-10-17(24-2)11-9-16)20-19(25-14)21-26(22,23)13-12-15-6-4-3-5-7-15/h3-13H,1-2H3,(H,20,21). The molecule has 0 aliphatic rings. The molecule has 0 aliphatic carbocycles. The maximum absolute atomic E-state index is 12.3. The number of benzene rings is 2. The van der Waals surface area contributed by atoms with Gasteiger partial charge >= 0.3 is 0 Å². The van der Waals surface area contributed by atoms with Crippen molar-refractivity contribution in [3.05, 3.63) is 70.4 Å². The monoisotopic (exact) mass is 386 g/mol. The normalized spacial score (nSPS) is 11.6. The van der Waals surface area contributed by atoms with Gasteiger partial charge in [0.2, 0.25) is 0 Å². The number of rotatable bonds is 6. The van der Waals surface area contributed by atoms with Gasteiger partial charge in [0.25, 0.3) is 10.0 Å². The first kappa shape index (κ1) is 18.2. The number of sulfonamides is 1. The van der Waals surface area contributed by atoms with Crippen molar-refractivity contribution < 1.29 is 13.2 Å². The number of methoxy groups -OCH3 is 1. The summed E-state index contributed by atoms with van der Waals surface area (Å²) >= 11 is 1.30. The van der Waals surface area contributed by atoms with Gasteiger partial charge in [-0.25, -0.2) is 13.4 Å². The Morgan fingerprint density at radius 3 is 2.42 bits per heavy atom. The topological polar surface area (TPSA) is 68.3 Å². The van der Waals surface area contributed by atoms with Crippen LogP contribution in [-0.4, -0.2) is 20.5 Å². The molecule has 0 aliphatic heterocycles. The van der Waals surface area contributed by atoms with E-state index in [0.29, 0.717) is 5.13 Å². The van der Waals surface area contributed by atoms with Crippen LogP contribution >= 0.6 is 11.3 Å². The molecule has 134 valence electrons. The molecule has 0 fully saturated rings. The second-order valence-electron chi connectivity index (χ2n) is 5.51. The summed E-state index contributed by atoms with van der Waals surface area (Å²) in [5, 5.41) is 1.48. The van der Waals surface area contributed by atoms with E-state index < -0.39 is 10.0 Å². The fraction of sp³-hybridized carbons (Fsp3) is 0.105. The van der Waals surface area contributed by atoms with E-state index in [9.17, 15) is 8.42 Å². The lowest BCUT2D eigenvalue weighted by Crippen LogP contribution is -2.08. The third kappa shape index (κ3) is 4.50. The number of ether oxygens (including phenoxy) is 1. The summed E-state index contributed by atoms with van der Waals surface area (Å²) in [4.78, 5) is 5.36. The van der Waals surface area contributed by atoms with Crippen LogP contribution in [0.5, 0.6) is 5.75 Å². The van der Waals surface area contributed by atoms with Crippen molar-refractivity contribution in [2.45, 2.75) is 6.92 Å². The molecule has 0 saturated carbocycles. The number of aromatic nitrogens is 1. The number of aryl methyl sites for hydroxylation is 1. The average Bonchev–Trinajstić information content (AvgIpc) is 3.00. The van der Waals surface area contributed by atoms with Crippen LogP contribution in [0.4, 0.5) is 5.13 Å². The van der Waals surface area contributed by atoms with Crippen molar-refractivity contribution in [2.75, 3.05) is 11.8 Å². The molecule has 26 heavy (non-hydrogen) atoms. The zero-order valence-electron chi connectivity index (χ0n) is 14.3. The number of nitrogens with zero attached hydrogens (tertiary/aromatic N) is 1. The molecular weight excluding hydrogens is 368 g/mol. The molecule has 0 radical (unpaired) electrons. The summed E-state index contributed by atoms with van der Waals surface area (Å²) in [6, 6.07) is 16.7. The fourth-order valence-electron chi connectivity index (χ4n) is 2.34. The number of thiazole rings is 1. The first-order valence-corrected chi connectivity index (χ1v) is 10.2. The molecule has 3 rings (SSSR count). The molecule has 1 heterocycles. The van der Waals surface area contributed by atoms with Gasteiger partial charge in [0.05, 0.1) is 18.2 Å². The Labute approximate surface area is 157 Å². The van der Waals surface area contributed by atoms with Crippen LogP contribution in [-0.2, 0) is 10.0 Å². The van der Waals surface area contributed by atoms with Gasteiger partial charge in [-0.2, -0.15) is 0 Å². The molecule has 1 N–H and O–H groups in total. The van der Waals surface area contributed by atoms with Crippen molar-refractivity contribution >= 4 is 32.6 Å². The fourth-order valence-corrected chi connectivity index (χ4v) is 4.24. The highest BCUT2D eigenvalue weighted by Gasteiger charge is 2.14. The van der Waals surface area contributed by atoms with Crippen LogP contribution in [0.1, 0.15) is 10.4 Å². The molecule has 7 heteroatoms. The molecule has 0 amide bonds. The smallest absolute Gasteiger partial charge is 0.256 e. The predicted octanol–water partition coefficient (Wildman–Crippen LogP) is 4.54. The van der Waals surface area contributed by atoms with Crippen LogP contribution in [0.3, 0.4) is 0 Å². The maximum atomic E-state index is 12.3. The van der Waals surface area contributed by atoms with E-state index in [1.54, 1.807) is 13.2 Å². The Balaban J connectivity index is 1.79. The van der Waals surface area contributed by atoms with Crippen molar-refractivity contribution in [3.8, 4) is 17.0 Å². The zero-order chi connectivity index (χ0) is 18.6. The van der Waals surface area contributed by atoms with E-state index >= 15 is 0 Å². The Morgan fingerprint density at radius 1 is 1.08 bits per heavy atom. The van der Waals surface area contributed by atoms with Gasteiger partial charge in [-0.3, -0.25) is 4.72 Å². The number of hydrogen-bond acceptors (Lipinski definition) is 5. The van der Waals surface area contributed by atoms with Crippen molar-refractivity contribution in [3.63, 3.8) is 0 Å². The second-order valence-corrected chi connectivity index (χ2v) is 8.28. The molecule has 0 spiro atoms. The molecular formula is C19H18N2O3S2. The highest BCUT2D eigenvalue weighted by molar-refractivity contribution is 7.95. The molecule has 5 nitrogen and oxygen atoms in total. The summed E-state index contributed by atoms with van der Waals surface area (Å²) in [6.45, 7) is 1.91. The summed E-state index contributed by atoms with van der Waals surface area (Å²) in [5.41, 5.74) is 2.47. The highest BCUT2D eigenvalue weighted by atomic mass is 32.2. The maximum Gasteiger partial charge on any atom is 0.256 e. The van der Waals surface area contributed by atoms with Gasteiger partial charge in [0, 0.05) is 10.4 Å². The highest BCUT2D eigenvalue weighted by Crippen LogP contribution is 2.31. The number of hydrogen-bond donors (Lipinski definition) is 1. The number of anilines is 1. The minimum atomic E-state index is -3.63. The van der Waals surface area contributed by atoms with Crippen LogP contribution in [0.15, 0.2) is 60.0 Å². The van der Waals surface area contributed by atoms with E-state index in [1.807, 2.05) is 61.5 Å². The van der Waals surface area contributed by atoms with Crippen molar-refractivity contribution in [1.82, 2.24) is 4.98 Å². The third-order valence-electron chi connectivity index (χ3n) is 3.63. The zero-order valence-corrected chi connectivity index (χ0v) is 16.0. The minimum absolute atomic E-state index is 0.339. The first-order valence-electron chi connectivity index (χ1n) is 7.85. The van der Waals surface area contributed by atoms with Crippen LogP contribution in [0.25, 0.3) is 17.3 Å². The minimum Gasteiger partial charge on any atom is -0.497 e. The van der Waals surface area contributed by atoms with Crippen LogP contribution in [0, 0.1) is 6.92 Å². The molecule has 0 atom stereocenters. The number of nitrogens with one attached hydrogen (secondary N) is 1. The van der Waals surface area contributed by atoms with E-state index in [-0.39, 0.29) is 0 Å². The lowest BCUT2D eigenvalue weighted by atomic mass is 10.1. The third-order valence-corrected chi connectivity index (χ3v) is 5.62. The van der Waals surface area contributed by atoms with Gasteiger partial charge in [0.15, 0.2) is 5.13 Å². The van der Waals surface area contributed by atoms with E-state index in [0.717, 1.165) is 32.9 Å². The lowest BCUT2D eigenvalue weighted by Gasteiger charge is -2.02. The largest absolute Gasteiger partial charge is 0.497 e. The molecule has 0 unspecified atom stereocenters. The van der Waals surface area contributed by atoms with Gasteiger partial charge in [-0.15, -0.1) is 11.3 Å². The molecule has 0 saturated heterocycles. The van der Waals surface area contributed by atoms with Gasteiger partial charge < -0.3 is 4.74 Å². The summed E-state index contributed by atoms with van der Waals surface area (Å²) in [7, 11) is -2.02. The average molecular weight is 386 g/mol. The van der Waals surface area contributed by atoms with Crippen LogP contribution < -0.4 is 9.46 Å². The lowest BCUT2D eigenvalue weighted by molar-refractivity contribution is 0.415. The van der Waals surface area contributed by atoms with Gasteiger partial charge in [-0.1, -0.05) is 30.3 Å².